The molecular formula is C26H33N7O3. The van der Waals surface area contributed by atoms with Crippen molar-refractivity contribution >= 4 is 34.0 Å². The van der Waals surface area contributed by atoms with E-state index in [1.165, 1.54) is 0 Å². The number of H-pyrrole nitrogens is 1. The zero-order valence-electron chi connectivity index (χ0n) is 20.6. The van der Waals surface area contributed by atoms with Gasteiger partial charge < -0.3 is 30.2 Å². The topological polar surface area (TPSA) is 106 Å². The molecule has 3 N–H and O–H groups in total. The molecule has 0 spiro atoms. The van der Waals surface area contributed by atoms with Crippen LogP contribution in [0.3, 0.4) is 0 Å². The normalized spacial score (nSPS) is 17.3. The highest BCUT2D eigenvalue weighted by atomic mass is 16.5. The van der Waals surface area contributed by atoms with Gasteiger partial charge in [-0.25, -0.2) is 4.98 Å². The van der Waals surface area contributed by atoms with Crippen LogP contribution in [-0.4, -0.2) is 98.3 Å². The fraction of sp³-hybridized carbons (Fsp3) is 0.423. The van der Waals surface area contributed by atoms with Crippen molar-refractivity contribution in [1.29, 1.82) is 0 Å². The molecule has 0 unspecified atom stereocenters. The number of fused-ring (bicyclic) bond motifs is 1. The summed E-state index contributed by atoms with van der Waals surface area (Å²) in [5.41, 5.74) is 1.15. The smallest absolute Gasteiger partial charge is 0.259 e. The number of rotatable bonds is 7. The van der Waals surface area contributed by atoms with Crippen LogP contribution in [0, 0.1) is 0 Å². The molecule has 2 aliphatic heterocycles. The molecule has 2 aliphatic rings. The molecule has 4 heterocycles. The lowest BCUT2D eigenvalue weighted by molar-refractivity contribution is 0.0383. The van der Waals surface area contributed by atoms with Crippen molar-refractivity contribution in [1.82, 2.24) is 25.1 Å². The van der Waals surface area contributed by atoms with Crippen molar-refractivity contribution in [3.63, 3.8) is 0 Å². The first kappa shape index (κ1) is 24.2. The van der Waals surface area contributed by atoms with Crippen LogP contribution in [0.4, 0.5) is 17.3 Å². The van der Waals surface area contributed by atoms with E-state index >= 15 is 0 Å². The van der Waals surface area contributed by atoms with Crippen LogP contribution in [0.5, 0.6) is 0 Å². The number of aromatic nitrogens is 2. The number of nitrogens with one attached hydrogen (secondary N) is 3. The van der Waals surface area contributed by atoms with Crippen LogP contribution in [0.1, 0.15) is 10.4 Å². The number of piperazine rings is 1. The summed E-state index contributed by atoms with van der Waals surface area (Å²) in [6.45, 7) is 8.40. The maximum atomic E-state index is 12.7. The van der Waals surface area contributed by atoms with Crippen LogP contribution in [0.2, 0.25) is 0 Å². The average Bonchev–Trinajstić information content (AvgIpc) is 2.90. The lowest BCUT2D eigenvalue weighted by atomic mass is 10.1. The number of carbonyl (C=O) groups is 1. The van der Waals surface area contributed by atoms with Crippen molar-refractivity contribution < 1.29 is 9.53 Å². The Morgan fingerprint density at radius 3 is 2.56 bits per heavy atom. The van der Waals surface area contributed by atoms with E-state index in [1.807, 2.05) is 24.3 Å². The van der Waals surface area contributed by atoms with Gasteiger partial charge in [-0.1, -0.05) is 0 Å². The van der Waals surface area contributed by atoms with Crippen LogP contribution < -0.4 is 21.1 Å². The lowest BCUT2D eigenvalue weighted by Gasteiger charge is -2.33. The summed E-state index contributed by atoms with van der Waals surface area (Å²) in [6, 6.07) is 11.1. The van der Waals surface area contributed by atoms with E-state index in [4.69, 9.17) is 9.72 Å². The number of anilines is 3. The van der Waals surface area contributed by atoms with Gasteiger partial charge in [0.05, 0.1) is 18.6 Å². The monoisotopic (exact) mass is 491 g/mol. The predicted octanol–water partition coefficient (Wildman–Crippen LogP) is 1.48. The summed E-state index contributed by atoms with van der Waals surface area (Å²) in [4.78, 5) is 39.6. The van der Waals surface area contributed by atoms with E-state index in [-0.39, 0.29) is 11.5 Å². The van der Waals surface area contributed by atoms with E-state index in [0.717, 1.165) is 75.9 Å². The van der Waals surface area contributed by atoms with Gasteiger partial charge in [0.1, 0.15) is 11.6 Å². The molecule has 2 aromatic heterocycles. The predicted molar refractivity (Wildman–Crippen MR) is 141 cm³/mol. The molecule has 36 heavy (non-hydrogen) atoms. The van der Waals surface area contributed by atoms with Crippen LogP contribution in [0.25, 0.3) is 10.8 Å². The number of benzene rings is 1. The van der Waals surface area contributed by atoms with Crippen LogP contribution in [-0.2, 0) is 4.74 Å². The van der Waals surface area contributed by atoms with Gasteiger partial charge in [0.2, 0.25) is 0 Å². The lowest BCUT2D eigenvalue weighted by Crippen LogP contribution is -2.44. The van der Waals surface area contributed by atoms with Gasteiger partial charge >= 0.3 is 0 Å². The molecule has 0 atom stereocenters. The first-order chi connectivity index (χ1) is 17.6. The van der Waals surface area contributed by atoms with E-state index < -0.39 is 0 Å². The largest absolute Gasteiger partial charge is 0.379 e. The number of likely N-dealkylation sites (N-methyl/N-ethyl adjacent to an activating group) is 1. The number of amides is 1. The van der Waals surface area contributed by atoms with Crippen molar-refractivity contribution in [2.75, 3.05) is 82.8 Å². The maximum Gasteiger partial charge on any atom is 0.259 e. The third-order valence-corrected chi connectivity index (χ3v) is 6.80. The second-order valence-corrected chi connectivity index (χ2v) is 9.30. The zero-order chi connectivity index (χ0) is 24.9. The Kier molecular flexibility index (Phi) is 7.45. The summed E-state index contributed by atoms with van der Waals surface area (Å²) in [7, 11) is 2.12. The number of hydrogen-bond acceptors (Lipinski definition) is 8. The molecule has 10 heteroatoms. The maximum absolute atomic E-state index is 12.7. The summed E-state index contributed by atoms with van der Waals surface area (Å²) in [6.07, 6.45) is 1.66. The highest BCUT2D eigenvalue weighted by Crippen LogP contribution is 2.27. The third-order valence-electron chi connectivity index (χ3n) is 6.80. The minimum atomic E-state index is -0.191. The number of nitrogens with zero attached hydrogens (tertiary/aromatic N) is 4. The first-order valence-corrected chi connectivity index (χ1v) is 12.5. The van der Waals surface area contributed by atoms with Crippen molar-refractivity contribution in [3.8, 4) is 0 Å². The Labute approximate surface area is 210 Å². The Bertz CT molecular complexity index is 1250. The highest BCUT2D eigenvalue weighted by molar-refractivity contribution is 5.96. The minimum absolute atomic E-state index is 0.105. The van der Waals surface area contributed by atoms with E-state index in [2.05, 4.69) is 37.4 Å². The van der Waals surface area contributed by atoms with Gasteiger partial charge in [0.15, 0.2) is 0 Å². The molecule has 0 aliphatic carbocycles. The molecule has 1 amide bonds. The fourth-order valence-electron chi connectivity index (χ4n) is 4.58. The molecule has 1 aromatic carbocycles. The number of morpholine rings is 1. The van der Waals surface area contributed by atoms with Gasteiger partial charge in [-0.3, -0.25) is 14.5 Å². The van der Waals surface area contributed by atoms with Crippen LogP contribution in [0.15, 0.2) is 47.4 Å². The number of ether oxygens (including phenoxy) is 1. The van der Waals surface area contributed by atoms with E-state index in [1.54, 1.807) is 18.3 Å². The van der Waals surface area contributed by atoms with Gasteiger partial charge in [0.25, 0.3) is 11.5 Å². The number of carbonyl (C=O) groups excluding carboxylic acids is 1. The number of aromatic amines is 1. The Hall–Kier alpha value is -3.47. The molecule has 190 valence electrons. The summed E-state index contributed by atoms with van der Waals surface area (Å²) >= 11 is 0. The van der Waals surface area contributed by atoms with Gasteiger partial charge in [-0.05, 0) is 48.8 Å². The summed E-state index contributed by atoms with van der Waals surface area (Å²) < 4.78 is 5.36. The second kappa shape index (κ2) is 11.1. The molecule has 0 saturated carbocycles. The SMILES string of the molecule is CN1CCN(c2cc3cc[nH]c(=O)c3c(Nc3ccc(C(=O)NCCN4CCOCC4)cc3)n2)CC1. The number of pyridine rings is 2. The van der Waals surface area contributed by atoms with Gasteiger partial charge in [-0.15, -0.1) is 0 Å². The average molecular weight is 492 g/mol. The molecule has 5 rings (SSSR count). The van der Waals surface area contributed by atoms with Crippen molar-refractivity contribution in [2.24, 2.45) is 0 Å². The zero-order valence-corrected chi connectivity index (χ0v) is 20.6. The molecule has 2 saturated heterocycles. The molecule has 0 radical (unpaired) electrons. The summed E-state index contributed by atoms with van der Waals surface area (Å²) in [5.74, 6) is 1.25. The van der Waals surface area contributed by atoms with Crippen molar-refractivity contribution in [2.45, 2.75) is 0 Å². The standard InChI is InChI=1S/C26H33N7O3/c1-31-10-12-33(13-11-31)22-18-20-6-7-27-26(35)23(20)24(30-22)29-21-4-2-19(3-5-21)25(34)28-8-9-32-14-16-36-17-15-32/h2-7,18H,8-17H2,1H3,(H,27,35)(H,28,34)(H,29,30). The number of hydrogen-bond donors (Lipinski definition) is 3. The van der Waals surface area contributed by atoms with Gasteiger partial charge in [-0.2, -0.15) is 0 Å². The summed E-state index contributed by atoms with van der Waals surface area (Å²) in [5, 5.41) is 7.64. The molecule has 3 aromatic rings. The van der Waals surface area contributed by atoms with Gasteiger partial charge in [0, 0.05) is 69.8 Å². The second-order valence-electron chi connectivity index (χ2n) is 9.30. The Morgan fingerprint density at radius 1 is 1.06 bits per heavy atom. The Morgan fingerprint density at radius 2 is 1.81 bits per heavy atom. The molecule has 10 nitrogen and oxygen atoms in total. The first-order valence-electron chi connectivity index (χ1n) is 12.5. The van der Waals surface area contributed by atoms with Crippen molar-refractivity contribution in [3.05, 3.63) is 58.5 Å². The third kappa shape index (κ3) is 5.67. The molecule has 2 fully saturated rings. The van der Waals surface area contributed by atoms with Crippen LogP contribution >= 0.6 is 0 Å². The molecule has 0 bridgehead atoms. The minimum Gasteiger partial charge on any atom is -0.379 e. The fourth-order valence-corrected chi connectivity index (χ4v) is 4.58. The van der Waals surface area contributed by atoms with E-state index in [0.29, 0.717) is 23.3 Å². The molecular weight excluding hydrogens is 458 g/mol. The quantitative estimate of drug-likeness (QED) is 0.457. The highest BCUT2D eigenvalue weighted by Gasteiger charge is 2.18. The Balaban J connectivity index is 1.29. The van der Waals surface area contributed by atoms with E-state index in [9.17, 15) is 9.59 Å².